The van der Waals surface area contributed by atoms with Gasteiger partial charge in [0.15, 0.2) is 18.1 Å². The summed E-state index contributed by atoms with van der Waals surface area (Å²) >= 11 is 1.62. The van der Waals surface area contributed by atoms with Crippen LogP contribution in [0.25, 0.3) is 0 Å². The van der Waals surface area contributed by atoms with E-state index in [1.807, 2.05) is 60.8 Å². The van der Waals surface area contributed by atoms with Gasteiger partial charge >= 0.3 is 0 Å². The first kappa shape index (κ1) is 18.0. The quantitative estimate of drug-likeness (QED) is 0.675. The summed E-state index contributed by atoms with van der Waals surface area (Å²) in [6.07, 6.45) is 0. The lowest BCUT2D eigenvalue weighted by Crippen LogP contribution is -2.33. The van der Waals surface area contributed by atoms with Crippen molar-refractivity contribution in [2.75, 3.05) is 13.7 Å². The molecule has 5 heteroatoms. The van der Waals surface area contributed by atoms with Gasteiger partial charge in [-0.15, -0.1) is 11.3 Å². The summed E-state index contributed by atoms with van der Waals surface area (Å²) in [4.78, 5) is 13.6. The van der Waals surface area contributed by atoms with Crippen LogP contribution in [0.5, 0.6) is 11.5 Å². The number of thiophene rings is 1. The molecule has 0 spiro atoms. The van der Waals surface area contributed by atoms with Gasteiger partial charge in [0.2, 0.25) is 0 Å². The zero-order valence-electron chi connectivity index (χ0n) is 14.8. The molecule has 134 valence electrons. The molecule has 4 nitrogen and oxygen atoms in total. The summed E-state index contributed by atoms with van der Waals surface area (Å²) in [5.41, 5.74) is 2.23. The summed E-state index contributed by atoms with van der Waals surface area (Å²) in [7, 11) is 1.58. The van der Waals surface area contributed by atoms with E-state index in [0.29, 0.717) is 11.5 Å². The molecule has 1 aromatic heterocycles. The zero-order chi connectivity index (χ0) is 18.4. The first-order chi connectivity index (χ1) is 12.7. The normalized spacial score (nSPS) is 11.6. The summed E-state index contributed by atoms with van der Waals surface area (Å²) in [6.45, 7) is 1.97. The van der Waals surface area contributed by atoms with Crippen LogP contribution in [-0.4, -0.2) is 19.6 Å². The molecule has 0 radical (unpaired) electrons. The predicted octanol–water partition coefficient (Wildman–Crippen LogP) is 4.35. The molecule has 1 atom stereocenters. The van der Waals surface area contributed by atoms with E-state index >= 15 is 0 Å². The van der Waals surface area contributed by atoms with Crippen LogP contribution in [0.4, 0.5) is 0 Å². The van der Waals surface area contributed by atoms with Crippen molar-refractivity contribution in [3.8, 4) is 11.5 Å². The van der Waals surface area contributed by atoms with E-state index in [-0.39, 0.29) is 18.6 Å². The van der Waals surface area contributed by atoms with E-state index in [4.69, 9.17) is 9.47 Å². The highest BCUT2D eigenvalue weighted by atomic mass is 32.1. The smallest absolute Gasteiger partial charge is 0.258 e. The molecule has 0 fully saturated rings. The van der Waals surface area contributed by atoms with E-state index in [9.17, 15) is 4.79 Å². The standard InChI is InChI=1S/C21H21NO3S/c1-15-9-11-16(12-10-15)21(19-8-5-13-26-19)22-20(23)14-25-18-7-4-3-6-17(18)24-2/h3-13,21H,14H2,1-2H3,(H,22,23). The van der Waals surface area contributed by atoms with Crippen LogP contribution >= 0.6 is 11.3 Å². The highest BCUT2D eigenvalue weighted by Crippen LogP contribution is 2.27. The number of methoxy groups -OCH3 is 1. The molecule has 0 aliphatic rings. The van der Waals surface area contributed by atoms with Crippen molar-refractivity contribution >= 4 is 17.2 Å². The lowest BCUT2D eigenvalue weighted by atomic mass is 10.0. The topological polar surface area (TPSA) is 47.6 Å². The van der Waals surface area contributed by atoms with Gasteiger partial charge in [-0.3, -0.25) is 4.79 Å². The molecular weight excluding hydrogens is 346 g/mol. The minimum absolute atomic E-state index is 0.0753. The van der Waals surface area contributed by atoms with Gasteiger partial charge in [0, 0.05) is 4.88 Å². The number of hydrogen-bond acceptors (Lipinski definition) is 4. The van der Waals surface area contributed by atoms with Crippen molar-refractivity contribution < 1.29 is 14.3 Å². The molecule has 0 bridgehead atoms. The first-order valence-corrected chi connectivity index (χ1v) is 9.20. The van der Waals surface area contributed by atoms with Gasteiger partial charge < -0.3 is 14.8 Å². The van der Waals surface area contributed by atoms with Gasteiger partial charge in [-0.25, -0.2) is 0 Å². The van der Waals surface area contributed by atoms with Gasteiger partial charge in [-0.2, -0.15) is 0 Å². The third-order valence-electron chi connectivity index (χ3n) is 3.97. The van der Waals surface area contributed by atoms with Gasteiger partial charge in [-0.1, -0.05) is 48.0 Å². The summed E-state index contributed by atoms with van der Waals surface area (Å²) in [6, 6.07) is 19.3. The maximum Gasteiger partial charge on any atom is 0.258 e. The number of carbonyl (C=O) groups is 1. The lowest BCUT2D eigenvalue weighted by Gasteiger charge is -2.19. The zero-order valence-corrected chi connectivity index (χ0v) is 15.6. The molecule has 0 saturated carbocycles. The van der Waals surface area contributed by atoms with Crippen molar-refractivity contribution in [3.05, 3.63) is 82.0 Å². The molecule has 0 aliphatic heterocycles. The second-order valence-electron chi connectivity index (χ2n) is 5.87. The number of hydrogen-bond donors (Lipinski definition) is 1. The van der Waals surface area contributed by atoms with E-state index in [1.165, 1.54) is 5.56 Å². The molecular formula is C21H21NO3S. The maximum absolute atomic E-state index is 12.5. The third-order valence-corrected chi connectivity index (χ3v) is 4.91. The average molecular weight is 367 g/mol. The minimum Gasteiger partial charge on any atom is -0.493 e. The lowest BCUT2D eigenvalue weighted by molar-refractivity contribution is -0.123. The van der Waals surface area contributed by atoms with Crippen molar-refractivity contribution in [1.29, 1.82) is 0 Å². The van der Waals surface area contributed by atoms with Crippen molar-refractivity contribution in [1.82, 2.24) is 5.32 Å². The van der Waals surface area contributed by atoms with E-state index in [2.05, 4.69) is 5.32 Å². The van der Waals surface area contributed by atoms with Crippen LogP contribution in [0.2, 0.25) is 0 Å². The predicted molar refractivity (Wildman–Crippen MR) is 104 cm³/mol. The Morgan fingerprint density at radius 1 is 1.04 bits per heavy atom. The number of benzene rings is 2. The van der Waals surface area contributed by atoms with E-state index in [1.54, 1.807) is 30.6 Å². The Morgan fingerprint density at radius 3 is 2.42 bits per heavy atom. The third kappa shape index (κ3) is 4.43. The summed E-state index contributed by atoms with van der Waals surface area (Å²) in [5.74, 6) is 0.969. The molecule has 0 saturated heterocycles. The molecule has 3 aromatic rings. The van der Waals surface area contributed by atoms with Gasteiger partial charge in [-0.05, 0) is 36.1 Å². The largest absolute Gasteiger partial charge is 0.493 e. The molecule has 26 heavy (non-hydrogen) atoms. The fraction of sp³-hybridized carbons (Fsp3) is 0.190. The van der Waals surface area contributed by atoms with Crippen LogP contribution in [0.15, 0.2) is 66.0 Å². The van der Waals surface area contributed by atoms with Crippen molar-refractivity contribution in [3.63, 3.8) is 0 Å². The Hall–Kier alpha value is -2.79. The fourth-order valence-corrected chi connectivity index (χ4v) is 3.42. The number of nitrogens with one attached hydrogen (secondary N) is 1. The second kappa shape index (κ2) is 8.54. The Labute approximate surface area is 157 Å². The van der Waals surface area contributed by atoms with Crippen LogP contribution < -0.4 is 14.8 Å². The highest BCUT2D eigenvalue weighted by molar-refractivity contribution is 7.10. The Morgan fingerprint density at radius 2 is 1.77 bits per heavy atom. The van der Waals surface area contributed by atoms with Crippen molar-refractivity contribution in [2.45, 2.75) is 13.0 Å². The molecule has 1 heterocycles. The first-order valence-electron chi connectivity index (χ1n) is 8.32. The molecule has 1 unspecified atom stereocenters. The second-order valence-corrected chi connectivity index (χ2v) is 6.85. The Bertz CT molecular complexity index is 844. The number of amides is 1. The fourth-order valence-electron chi connectivity index (χ4n) is 2.62. The van der Waals surface area contributed by atoms with Crippen molar-refractivity contribution in [2.24, 2.45) is 0 Å². The average Bonchev–Trinajstić information content (AvgIpc) is 3.20. The van der Waals surface area contributed by atoms with Crippen LogP contribution in [0, 0.1) is 6.92 Å². The minimum atomic E-state index is -0.190. The molecule has 3 rings (SSSR count). The molecule has 1 amide bonds. The molecule has 1 N–H and O–H groups in total. The SMILES string of the molecule is COc1ccccc1OCC(=O)NC(c1ccc(C)cc1)c1cccs1. The number of ether oxygens (including phenoxy) is 2. The van der Waals surface area contributed by atoms with E-state index < -0.39 is 0 Å². The van der Waals surface area contributed by atoms with Gasteiger partial charge in [0.1, 0.15) is 0 Å². The Kier molecular flexibility index (Phi) is 5.92. The summed E-state index contributed by atoms with van der Waals surface area (Å²) < 4.78 is 10.9. The molecule has 0 aliphatic carbocycles. The molecule has 2 aromatic carbocycles. The summed E-state index contributed by atoms with van der Waals surface area (Å²) in [5, 5.41) is 5.08. The van der Waals surface area contributed by atoms with Crippen LogP contribution in [0.1, 0.15) is 22.0 Å². The van der Waals surface area contributed by atoms with Crippen LogP contribution in [-0.2, 0) is 4.79 Å². The van der Waals surface area contributed by atoms with Crippen LogP contribution in [0.3, 0.4) is 0 Å². The van der Waals surface area contributed by atoms with Gasteiger partial charge in [0.25, 0.3) is 5.91 Å². The Balaban J connectivity index is 1.70. The number of para-hydroxylation sites is 2. The monoisotopic (exact) mass is 367 g/mol. The number of aryl methyl sites for hydroxylation is 1. The number of carbonyl (C=O) groups excluding carboxylic acids is 1. The van der Waals surface area contributed by atoms with E-state index in [0.717, 1.165) is 10.4 Å². The maximum atomic E-state index is 12.5. The van der Waals surface area contributed by atoms with Gasteiger partial charge in [0.05, 0.1) is 13.2 Å². The number of rotatable bonds is 7. The highest BCUT2D eigenvalue weighted by Gasteiger charge is 2.18.